The lowest BCUT2D eigenvalue weighted by atomic mass is 10.1. The largest absolute Gasteiger partial charge is 0.457 e. The molecule has 4 heteroatoms. The molecule has 23 heavy (non-hydrogen) atoms. The minimum atomic E-state index is 0.167. The van der Waals surface area contributed by atoms with Crippen LogP contribution < -0.4 is 4.74 Å². The van der Waals surface area contributed by atoms with E-state index in [2.05, 4.69) is 16.8 Å². The topological polar surface area (TPSA) is 32.8 Å². The number of benzene rings is 2. The van der Waals surface area contributed by atoms with Crippen molar-refractivity contribution in [2.24, 2.45) is 0 Å². The zero-order valence-electron chi connectivity index (χ0n) is 13.4. The quantitative estimate of drug-likeness (QED) is 0.795. The third-order valence-electron chi connectivity index (χ3n) is 4.12. The second-order valence-corrected chi connectivity index (χ2v) is 5.94. The predicted octanol–water partition coefficient (Wildman–Crippen LogP) is 2.91. The number of Topliss-reactive ketones (excluding diaryl/α,β-unsaturated/α-hetero) is 1. The number of ketones is 1. The Morgan fingerprint density at radius 2 is 1.52 bits per heavy atom. The molecule has 0 N–H and O–H groups in total. The lowest BCUT2D eigenvalue weighted by molar-refractivity contribution is 0.0876. The SMILES string of the molecule is CN1CCN(CC(=O)c2ccc(Oc3ccccc3)cc2)CC1. The summed E-state index contributed by atoms with van der Waals surface area (Å²) in [5.41, 5.74) is 0.740. The number of piperazine rings is 1. The molecule has 1 aliphatic heterocycles. The van der Waals surface area contributed by atoms with Crippen molar-refractivity contribution in [3.63, 3.8) is 0 Å². The van der Waals surface area contributed by atoms with Gasteiger partial charge in [-0.05, 0) is 43.4 Å². The molecule has 0 amide bonds. The van der Waals surface area contributed by atoms with Gasteiger partial charge in [0.15, 0.2) is 5.78 Å². The predicted molar refractivity (Wildman–Crippen MR) is 91.2 cm³/mol. The van der Waals surface area contributed by atoms with E-state index in [0.29, 0.717) is 6.54 Å². The molecule has 0 saturated carbocycles. The van der Waals surface area contributed by atoms with Crippen molar-refractivity contribution in [3.05, 3.63) is 60.2 Å². The van der Waals surface area contributed by atoms with Gasteiger partial charge in [-0.2, -0.15) is 0 Å². The third-order valence-corrected chi connectivity index (χ3v) is 4.12. The van der Waals surface area contributed by atoms with Crippen LogP contribution in [0.5, 0.6) is 11.5 Å². The van der Waals surface area contributed by atoms with Crippen LogP contribution in [-0.2, 0) is 0 Å². The number of hydrogen-bond donors (Lipinski definition) is 0. The molecule has 1 aliphatic rings. The van der Waals surface area contributed by atoms with Gasteiger partial charge in [0.2, 0.25) is 0 Å². The summed E-state index contributed by atoms with van der Waals surface area (Å²) < 4.78 is 5.75. The molecule has 3 rings (SSSR count). The van der Waals surface area contributed by atoms with Gasteiger partial charge in [0.25, 0.3) is 0 Å². The Kier molecular flexibility index (Phi) is 5.05. The number of carbonyl (C=O) groups is 1. The van der Waals surface area contributed by atoms with Crippen LogP contribution in [0.25, 0.3) is 0 Å². The van der Waals surface area contributed by atoms with Crippen LogP contribution in [0.15, 0.2) is 54.6 Å². The Hall–Kier alpha value is -2.17. The van der Waals surface area contributed by atoms with E-state index in [-0.39, 0.29) is 5.78 Å². The smallest absolute Gasteiger partial charge is 0.176 e. The van der Waals surface area contributed by atoms with E-state index in [1.165, 1.54) is 0 Å². The summed E-state index contributed by atoms with van der Waals surface area (Å²) in [4.78, 5) is 16.9. The van der Waals surface area contributed by atoms with E-state index in [1.54, 1.807) is 0 Å². The van der Waals surface area contributed by atoms with Crippen molar-refractivity contribution < 1.29 is 9.53 Å². The average molecular weight is 310 g/mol. The monoisotopic (exact) mass is 310 g/mol. The molecule has 1 fully saturated rings. The highest BCUT2D eigenvalue weighted by atomic mass is 16.5. The molecule has 1 heterocycles. The maximum atomic E-state index is 12.4. The zero-order valence-corrected chi connectivity index (χ0v) is 13.4. The highest BCUT2D eigenvalue weighted by Crippen LogP contribution is 2.21. The maximum absolute atomic E-state index is 12.4. The summed E-state index contributed by atoms with van der Waals surface area (Å²) in [6, 6.07) is 17.0. The van der Waals surface area contributed by atoms with E-state index >= 15 is 0 Å². The van der Waals surface area contributed by atoms with Crippen molar-refractivity contribution in [2.45, 2.75) is 0 Å². The van der Waals surface area contributed by atoms with Crippen LogP contribution in [0, 0.1) is 0 Å². The van der Waals surface area contributed by atoms with Gasteiger partial charge in [0.05, 0.1) is 6.54 Å². The van der Waals surface area contributed by atoms with Crippen molar-refractivity contribution in [3.8, 4) is 11.5 Å². The third kappa shape index (κ3) is 4.41. The first kappa shape index (κ1) is 15.7. The average Bonchev–Trinajstić information content (AvgIpc) is 2.58. The number of hydrogen-bond acceptors (Lipinski definition) is 4. The molecule has 0 atom stereocenters. The zero-order chi connectivity index (χ0) is 16.1. The first-order valence-electron chi connectivity index (χ1n) is 7.98. The Morgan fingerprint density at radius 1 is 0.913 bits per heavy atom. The molecule has 4 nitrogen and oxygen atoms in total. The van der Waals surface area contributed by atoms with E-state index in [4.69, 9.17) is 4.74 Å². The molecule has 120 valence electrons. The van der Waals surface area contributed by atoms with E-state index in [9.17, 15) is 4.79 Å². The molecular weight excluding hydrogens is 288 g/mol. The van der Waals surface area contributed by atoms with Gasteiger partial charge in [-0.25, -0.2) is 0 Å². The van der Waals surface area contributed by atoms with E-state index < -0.39 is 0 Å². The first-order chi connectivity index (χ1) is 11.2. The second kappa shape index (κ2) is 7.40. The van der Waals surface area contributed by atoms with Crippen molar-refractivity contribution in [1.29, 1.82) is 0 Å². The molecule has 0 unspecified atom stereocenters. The fourth-order valence-electron chi connectivity index (χ4n) is 2.63. The minimum absolute atomic E-state index is 0.167. The standard InChI is InChI=1S/C19H22N2O2/c1-20-11-13-21(14-12-20)15-19(22)16-7-9-18(10-8-16)23-17-5-3-2-4-6-17/h2-10H,11-15H2,1H3. The van der Waals surface area contributed by atoms with Gasteiger partial charge < -0.3 is 9.64 Å². The minimum Gasteiger partial charge on any atom is -0.457 e. The summed E-state index contributed by atoms with van der Waals surface area (Å²) >= 11 is 0. The number of rotatable bonds is 5. The number of nitrogens with zero attached hydrogens (tertiary/aromatic N) is 2. The Labute approximate surface area is 137 Å². The fraction of sp³-hybridized carbons (Fsp3) is 0.316. The van der Waals surface area contributed by atoms with Crippen LogP contribution in [0.1, 0.15) is 10.4 Å². The molecule has 0 aliphatic carbocycles. The van der Waals surface area contributed by atoms with Gasteiger partial charge in [-0.3, -0.25) is 9.69 Å². The summed E-state index contributed by atoms with van der Waals surface area (Å²) in [6.07, 6.45) is 0. The summed E-state index contributed by atoms with van der Waals surface area (Å²) in [5, 5.41) is 0. The first-order valence-corrected chi connectivity index (χ1v) is 7.98. The fourth-order valence-corrected chi connectivity index (χ4v) is 2.63. The molecule has 0 bridgehead atoms. The summed E-state index contributed by atoms with van der Waals surface area (Å²) in [7, 11) is 2.12. The van der Waals surface area contributed by atoms with Gasteiger partial charge in [-0.1, -0.05) is 18.2 Å². The second-order valence-electron chi connectivity index (χ2n) is 5.94. The van der Waals surface area contributed by atoms with E-state index in [0.717, 1.165) is 43.2 Å². The van der Waals surface area contributed by atoms with Crippen molar-refractivity contribution in [1.82, 2.24) is 9.80 Å². The summed E-state index contributed by atoms with van der Waals surface area (Å²) in [5.74, 6) is 1.71. The molecule has 2 aromatic rings. The van der Waals surface area contributed by atoms with Gasteiger partial charge in [0, 0.05) is 31.7 Å². The molecular formula is C19H22N2O2. The van der Waals surface area contributed by atoms with Crippen molar-refractivity contribution >= 4 is 5.78 Å². The highest BCUT2D eigenvalue weighted by Gasteiger charge is 2.17. The summed E-state index contributed by atoms with van der Waals surface area (Å²) in [6.45, 7) is 4.45. The van der Waals surface area contributed by atoms with Crippen LogP contribution in [0.3, 0.4) is 0 Å². The van der Waals surface area contributed by atoms with E-state index in [1.807, 2.05) is 54.6 Å². The van der Waals surface area contributed by atoms with Gasteiger partial charge >= 0.3 is 0 Å². The van der Waals surface area contributed by atoms with Gasteiger partial charge in [-0.15, -0.1) is 0 Å². The normalized spacial score (nSPS) is 16.2. The molecule has 0 aromatic heterocycles. The molecule has 0 spiro atoms. The Balaban J connectivity index is 1.57. The lowest BCUT2D eigenvalue weighted by Crippen LogP contribution is -2.46. The molecule has 1 saturated heterocycles. The highest BCUT2D eigenvalue weighted by molar-refractivity contribution is 5.97. The molecule has 2 aromatic carbocycles. The van der Waals surface area contributed by atoms with Gasteiger partial charge in [0.1, 0.15) is 11.5 Å². The lowest BCUT2D eigenvalue weighted by Gasteiger charge is -2.31. The Morgan fingerprint density at radius 3 is 2.17 bits per heavy atom. The number of likely N-dealkylation sites (N-methyl/N-ethyl adjacent to an activating group) is 1. The van der Waals surface area contributed by atoms with Crippen LogP contribution in [-0.4, -0.2) is 55.4 Å². The number of ether oxygens (including phenoxy) is 1. The maximum Gasteiger partial charge on any atom is 0.176 e. The number of para-hydroxylation sites is 1. The number of carbonyl (C=O) groups excluding carboxylic acids is 1. The molecule has 0 radical (unpaired) electrons. The van der Waals surface area contributed by atoms with Crippen molar-refractivity contribution in [2.75, 3.05) is 39.8 Å². The van der Waals surface area contributed by atoms with Crippen LogP contribution >= 0.6 is 0 Å². The van der Waals surface area contributed by atoms with Crippen LogP contribution in [0.4, 0.5) is 0 Å². The van der Waals surface area contributed by atoms with Crippen LogP contribution in [0.2, 0.25) is 0 Å². The Bertz CT molecular complexity index is 632.